The van der Waals surface area contributed by atoms with Gasteiger partial charge in [0.15, 0.2) is 15.8 Å². The molecule has 1 saturated heterocycles. The molecule has 222 valence electrons. The van der Waals surface area contributed by atoms with Crippen LogP contribution in [0.25, 0.3) is 5.76 Å². The minimum atomic E-state index is -0.960. The van der Waals surface area contributed by atoms with E-state index in [-0.39, 0.29) is 16.5 Å². The number of hydrogen-bond acceptors (Lipinski definition) is 9. The Balaban J connectivity index is 1.59. The quantitative estimate of drug-likeness (QED) is 0.0470. The molecule has 10 heteroatoms. The lowest BCUT2D eigenvalue weighted by Gasteiger charge is -2.23. The molecule has 1 aromatic heterocycles. The Labute approximate surface area is 259 Å². The van der Waals surface area contributed by atoms with E-state index in [0.29, 0.717) is 39.3 Å². The van der Waals surface area contributed by atoms with Crippen molar-refractivity contribution in [3.8, 4) is 11.5 Å². The number of carbonyl (C=O) groups excluding carboxylic acids is 2. The Kier molecular flexibility index (Phi) is 9.47. The van der Waals surface area contributed by atoms with Crippen molar-refractivity contribution in [1.82, 2.24) is 10.2 Å². The topological polar surface area (TPSA) is 102 Å². The summed E-state index contributed by atoms with van der Waals surface area (Å²) in [5, 5.41) is 20.5. The number of aryl methyl sites for hydroxylation is 2. The molecule has 8 nitrogen and oxygen atoms in total. The number of ketones is 1. The number of Topliss-reactive ketones (excluding diaryl/α,β-unsaturated/α-hetero) is 1. The number of nitrogens with zero attached hydrogens (tertiary/aromatic N) is 3. The van der Waals surface area contributed by atoms with E-state index in [0.717, 1.165) is 29.5 Å². The van der Waals surface area contributed by atoms with Crippen molar-refractivity contribution >= 4 is 45.7 Å². The third-order valence-electron chi connectivity index (χ3n) is 7.16. The van der Waals surface area contributed by atoms with E-state index >= 15 is 0 Å². The van der Waals surface area contributed by atoms with Crippen molar-refractivity contribution in [2.24, 2.45) is 0 Å². The highest BCUT2D eigenvalue weighted by Gasteiger charge is 2.48. The maximum absolute atomic E-state index is 13.7. The van der Waals surface area contributed by atoms with Crippen LogP contribution in [-0.4, -0.2) is 40.7 Å². The SMILES string of the molecule is CCCCOc1ccc(C2/C(=C(\O)c3cc(C)ccc3C)C(=O)C(=O)N2c2nnc(SCc3ccccc3)s2)cc1OC. The van der Waals surface area contributed by atoms with Crippen molar-refractivity contribution in [1.29, 1.82) is 0 Å². The fourth-order valence-corrected chi connectivity index (χ4v) is 6.68. The van der Waals surface area contributed by atoms with Gasteiger partial charge in [-0.3, -0.25) is 14.5 Å². The number of carbonyl (C=O) groups is 2. The predicted octanol–water partition coefficient (Wildman–Crippen LogP) is 7.26. The highest BCUT2D eigenvalue weighted by atomic mass is 32.2. The number of benzene rings is 3. The second-order valence-corrected chi connectivity index (χ2v) is 12.4. The Morgan fingerprint density at radius 1 is 1.02 bits per heavy atom. The number of aromatic nitrogens is 2. The summed E-state index contributed by atoms with van der Waals surface area (Å²) in [7, 11) is 1.54. The lowest BCUT2D eigenvalue weighted by atomic mass is 9.93. The lowest BCUT2D eigenvalue weighted by Crippen LogP contribution is -2.29. The molecule has 0 bridgehead atoms. The predicted molar refractivity (Wildman–Crippen MR) is 170 cm³/mol. The molecule has 1 fully saturated rings. The van der Waals surface area contributed by atoms with Gasteiger partial charge in [0.05, 0.1) is 25.3 Å². The number of methoxy groups -OCH3 is 1. The largest absolute Gasteiger partial charge is 0.507 e. The normalized spacial score (nSPS) is 16.1. The van der Waals surface area contributed by atoms with E-state index in [2.05, 4.69) is 17.1 Å². The Hall–Kier alpha value is -4.15. The van der Waals surface area contributed by atoms with Gasteiger partial charge in [-0.1, -0.05) is 90.5 Å². The Morgan fingerprint density at radius 2 is 1.81 bits per heavy atom. The smallest absolute Gasteiger partial charge is 0.301 e. The van der Waals surface area contributed by atoms with Crippen LogP contribution in [0.4, 0.5) is 5.13 Å². The summed E-state index contributed by atoms with van der Waals surface area (Å²) in [6.45, 7) is 6.38. The number of hydrogen-bond donors (Lipinski definition) is 1. The van der Waals surface area contributed by atoms with Gasteiger partial charge in [0.2, 0.25) is 5.13 Å². The van der Waals surface area contributed by atoms with Crippen LogP contribution in [0.15, 0.2) is 76.6 Å². The molecule has 0 saturated carbocycles. The molecule has 0 radical (unpaired) electrons. The van der Waals surface area contributed by atoms with E-state index < -0.39 is 17.7 Å². The first-order chi connectivity index (χ1) is 20.8. The van der Waals surface area contributed by atoms with E-state index in [1.54, 1.807) is 25.3 Å². The van der Waals surface area contributed by atoms with Crippen LogP contribution >= 0.6 is 23.1 Å². The Morgan fingerprint density at radius 3 is 2.56 bits per heavy atom. The van der Waals surface area contributed by atoms with Crippen LogP contribution in [0.5, 0.6) is 11.5 Å². The van der Waals surface area contributed by atoms with Crippen LogP contribution in [-0.2, 0) is 15.3 Å². The molecule has 1 atom stereocenters. The minimum absolute atomic E-state index is 0.0194. The van der Waals surface area contributed by atoms with Crippen LogP contribution in [0, 0.1) is 13.8 Å². The highest BCUT2D eigenvalue weighted by molar-refractivity contribution is 8.00. The van der Waals surface area contributed by atoms with Gasteiger partial charge in [0, 0.05) is 11.3 Å². The molecular weight excluding hydrogens is 583 g/mol. The number of aliphatic hydroxyl groups excluding tert-OH is 1. The van der Waals surface area contributed by atoms with E-state index in [4.69, 9.17) is 9.47 Å². The molecule has 4 aromatic rings. The first-order valence-corrected chi connectivity index (χ1v) is 15.8. The molecule has 2 heterocycles. The maximum atomic E-state index is 13.7. The second kappa shape index (κ2) is 13.4. The molecule has 3 aromatic carbocycles. The molecule has 5 rings (SSSR count). The van der Waals surface area contributed by atoms with Gasteiger partial charge in [-0.2, -0.15) is 0 Å². The van der Waals surface area contributed by atoms with Crippen molar-refractivity contribution in [2.45, 2.75) is 49.7 Å². The molecule has 1 aliphatic rings. The number of amides is 1. The van der Waals surface area contributed by atoms with Crippen LogP contribution in [0.1, 0.15) is 53.6 Å². The van der Waals surface area contributed by atoms with Gasteiger partial charge in [-0.05, 0) is 55.2 Å². The van der Waals surface area contributed by atoms with E-state index in [1.807, 2.05) is 62.4 Å². The number of rotatable bonds is 11. The summed E-state index contributed by atoms with van der Waals surface area (Å²) in [5.74, 6) is -0.114. The van der Waals surface area contributed by atoms with Gasteiger partial charge in [-0.25, -0.2) is 0 Å². The minimum Gasteiger partial charge on any atom is -0.507 e. The molecule has 1 N–H and O–H groups in total. The summed E-state index contributed by atoms with van der Waals surface area (Å²) in [6, 6.07) is 19.9. The molecule has 1 aliphatic heterocycles. The Bertz CT molecular complexity index is 1670. The van der Waals surface area contributed by atoms with E-state index in [1.165, 1.54) is 28.0 Å². The van der Waals surface area contributed by atoms with Crippen molar-refractivity contribution < 1.29 is 24.2 Å². The number of ether oxygens (including phenoxy) is 2. The summed E-state index contributed by atoms with van der Waals surface area (Å²) in [4.78, 5) is 28.7. The number of aliphatic hydroxyl groups is 1. The molecule has 1 unspecified atom stereocenters. The van der Waals surface area contributed by atoms with Crippen molar-refractivity contribution in [3.05, 3.63) is 100 Å². The van der Waals surface area contributed by atoms with Gasteiger partial charge in [0.25, 0.3) is 5.78 Å². The van der Waals surface area contributed by atoms with Gasteiger partial charge in [0.1, 0.15) is 5.76 Å². The van der Waals surface area contributed by atoms with Crippen LogP contribution < -0.4 is 14.4 Å². The number of thioether (sulfide) groups is 1. The zero-order valence-electron chi connectivity index (χ0n) is 24.5. The van der Waals surface area contributed by atoms with Gasteiger partial charge in [-0.15, -0.1) is 10.2 Å². The van der Waals surface area contributed by atoms with Crippen molar-refractivity contribution in [2.75, 3.05) is 18.6 Å². The first-order valence-electron chi connectivity index (χ1n) is 14.0. The zero-order valence-corrected chi connectivity index (χ0v) is 26.1. The average molecular weight is 616 g/mol. The third kappa shape index (κ3) is 6.45. The number of unbranched alkanes of at least 4 members (excludes halogenated alkanes) is 1. The molecule has 43 heavy (non-hydrogen) atoms. The molecule has 0 spiro atoms. The van der Waals surface area contributed by atoms with E-state index in [9.17, 15) is 14.7 Å². The zero-order chi connectivity index (χ0) is 30.5. The maximum Gasteiger partial charge on any atom is 0.301 e. The fourth-order valence-electron chi connectivity index (χ4n) is 4.86. The summed E-state index contributed by atoms with van der Waals surface area (Å²) in [6.07, 6.45) is 1.88. The average Bonchev–Trinajstić information content (AvgIpc) is 3.59. The molecule has 0 aliphatic carbocycles. The summed E-state index contributed by atoms with van der Waals surface area (Å²) >= 11 is 2.73. The van der Waals surface area contributed by atoms with Crippen molar-refractivity contribution in [3.63, 3.8) is 0 Å². The standard InChI is InChI=1S/C33H33N3O5S2/c1-5-6-16-41-25-15-14-23(18-26(25)40-4)28-27(29(37)24-17-20(2)12-13-21(24)3)30(38)31(39)36(28)32-34-35-33(43-32)42-19-22-10-8-7-9-11-22/h7-15,17-18,28,37H,5-6,16,19H2,1-4H3/b29-27+. The first kappa shape index (κ1) is 30.3. The molecular formula is C33H33N3O5S2. The summed E-state index contributed by atoms with van der Waals surface area (Å²) in [5.41, 5.74) is 3.86. The molecule has 1 amide bonds. The van der Waals surface area contributed by atoms with Gasteiger partial charge < -0.3 is 14.6 Å². The monoisotopic (exact) mass is 615 g/mol. The number of anilines is 1. The summed E-state index contributed by atoms with van der Waals surface area (Å²) < 4.78 is 12.2. The second-order valence-electron chi connectivity index (χ2n) is 10.2. The van der Waals surface area contributed by atoms with Gasteiger partial charge >= 0.3 is 5.91 Å². The third-order valence-corrected chi connectivity index (χ3v) is 9.29. The lowest BCUT2D eigenvalue weighted by molar-refractivity contribution is -0.132. The highest BCUT2D eigenvalue weighted by Crippen LogP contribution is 2.46. The van der Waals surface area contributed by atoms with Crippen LogP contribution in [0.3, 0.4) is 0 Å². The fraction of sp³-hybridized carbons (Fsp3) is 0.273. The van der Waals surface area contributed by atoms with Crippen LogP contribution in [0.2, 0.25) is 0 Å².